The molecular weight excluding hydrogens is 268 g/mol. The lowest BCUT2D eigenvalue weighted by molar-refractivity contribution is 0.0993. The molecule has 0 atom stereocenters. The van der Waals surface area contributed by atoms with E-state index in [4.69, 9.17) is 4.74 Å². The Balaban J connectivity index is 1.88. The second kappa shape index (κ2) is 5.47. The number of hydrogen-bond acceptors (Lipinski definition) is 3. The highest BCUT2D eigenvalue weighted by Gasteiger charge is 2.11. The van der Waals surface area contributed by atoms with Gasteiger partial charge in [0, 0.05) is 16.7 Å². The first kappa shape index (κ1) is 12.9. The molecule has 0 radical (unpaired) electrons. The smallest absolute Gasteiger partial charge is 0.167 e. The van der Waals surface area contributed by atoms with E-state index in [1.807, 2.05) is 30.3 Å². The highest BCUT2D eigenvalue weighted by atomic mass is 32.1. The molecule has 3 aromatic rings. The first-order valence-electron chi connectivity index (χ1n) is 6.40. The number of ketones is 1. The van der Waals surface area contributed by atoms with Gasteiger partial charge in [-0.3, -0.25) is 4.79 Å². The van der Waals surface area contributed by atoms with Crippen LogP contribution < -0.4 is 4.74 Å². The lowest BCUT2D eigenvalue weighted by Crippen LogP contribution is -2.03. The summed E-state index contributed by atoms with van der Waals surface area (Å²) in [5.41, 5.74) is 1.79. The van der Waals surface area contributed by atoms with Crippen LogP contribution in [0.1, 0.15) is 15.9 Å². The second-order valence-corrected chi connectivity index (χ2v) is 5.50. The van der Waals surface area contributed by atoms with Crippen LogP contribution in [0.5, 0.6) is 5.75 Å². The van der Waals surface area contributed by atoms with Gasteiger partial charge >= 0.3 is 0 Å². The zero-order valence-corrected chi connectivity index (χ0v) is 11.9. The van der Waals surface area contributed by atoms with Gasteiger partial charge in [-0.25, -0.2) is 0 Å². The molecule has 3 rings (SSSR count). The predicted molar refractivity (Wildman–Crippen MR) is 82.9 cm³/mol. The van der Waals surface area contributed by atoms with Crippen LogP contribution in [0.25, 0.3) is 10.1 Å². The lowest BCUT2D eigenvalue weighted by Gasteiger charge is -2.03. The van der Waals surface area contributed by atoms with E-state index in [2.05, 4.69) is 17.5 Å². The zero-order valence-electron chi connectivity index (χ0n) is 11.1. The number of rotatable bonds is 4. The first-order valence-corrected chi connectivity index (χ1v) is 7.28. The molecule has 0 aliphatic carbocycles. The summed E-state index contributed by atoms with van der Waals surface area (Å²) < 4.78 is 6.38. The number of fused-ring (bicyclic) bond motifs is 1. The highest BCUT2D eigenvalue weighted by molar-refractivity contribution is 7.17. The van der Waals surface area contributed by atoms with Crippen molar-refractivity contribution in [1.82, 2.24) is 0 Å². The van der Waals surface area contributed by atoms with Crippen LogP contribution in [0.2, 0.25) is 0 Å². The zero-order chi connectivity index (χ0) is 13.9. The van der Waals surface area contributed by atoms with Crippen molar-refractivity contribution in [2.24, 2.45) is 0 Å². The molecule has 0 aliphatic rings. The summed E-state index contributed by atoms with van der Waals surface area (Å²) in [6.07, 6.45) is 0.428. The minimum atomic E-state index is 0.118. The third-order valence-corrected chi connectivity index (χ3v) is 4.32. The van der Waals surface area contributed by atoms with Crippen molar-refractivity contribution < 1.29 is 9.53 Å². The second-order valence-electron chi connectivity index (χ2n) is 4.59. The van der Waals surface area contributed by atoms with E-state index in [0.29, 0.717) is 17.7 Å². The van der Waals surface area contributed by atoms with E-state index in [0.717, 1.165) is 5.56 Å². The van der Waals surface area contributed by atoms with Gasteiger partial charge in [-0.05, 0) is 34.5 Å². The molecule has 20 heavy (non-hydrogen) atoms. The fourth-order valence-corrected chi connectivity index (χ4v) is 3.20. The molecule has 0 spiro atoms. The predicted octanol–water partition coefficient (Wildman–Crippen LogP) is 4.34. The van der Waals surface area contributed by atoms with Crippen LogP contribution in [0.3, 0.4) is 0 Å². The van der Waals surface area contributed by atoms with Crippen LogP contribution in [0.4, 0.5) is 0 Å². The number of Topliss-reactive ketones (excluding diaryl/α,β-unsaturated/α-hetero) is 1. The first-order chi connectivity index (χ1) is 9.78. The summed E-state index contributed by atoms with van der Waals surface area (Å²) in [7, 11) is 1.61. The standard InChI is InChI=1S/C17H14O2S/c1-19-14-6-4-5-12(9-14)16(18)10-13-11-20-17-8-3-2-7-15(13)17/h2-9,11H,10H2,1H3. The number of ether oxygens (including phenoxy) is 1. The third-order valence-electron chi connectivity index (χ3n) is 3.30. The van der Waals surface area contributed by atoms with Crippen molar-refractivity contribution in [3.63, 3.8) is 0 Å². The normalized spacial score (nSPS) is 10.7. The van der Waals surface area contributed by atoms with Crippen LogP contribution in [-0.4, -0.2) is 12.9 Å². The van der Waals surface area contributed by atoms with Gasteiger partial charge in [-0.2, -0.15) is 0 Å². The van der Waals surface area contributed by atoms with Gasteiger partial charge < -0.3 is 4.74 Å². The molecular formula is C17H14O2S. The summed E-state index contributed by atoms with van der Waals surface area (Å²) in [4.78, 5) is 12.4. The minimum absolute atomic E-state index is 0.118. The number of carbonyl (C=O) groups excluding carboxylic acids is 1. The number of carbonyl (C=O) groups is 1. The van der Waals surface area contributed by atoms with Crippen LogP contribution in [-0.2, 0) is 6.42 Å². The molecule has 0 bridgehead atoms. The van der Waals surface area contributed by atoms with Crippen LogP contribution >= 0.6 is 11.3 Å². The highest BCUT2D eigenvalue weighted by Crippen LogP contribution is 2.27. The van der Waals surface area contributed by atoms with Crippen LogP contribution in [0, 0.1) is 0 Å². The van der Waals surface area contributed by atoms with E-state index >= 15 is 0 Å². The fraction of sp³-hybridized carbons (Fsp3) is 0.118. The fourth-order valence-electron chi connectivity index (χ4n) is 2.24. The van der Waals surface area contributed by atoms with Crippen molar-refractivity contribution >= 4 is 27.2 Å². The number of benzene rings is 2. The van der Waals surface area contributed by atoms with Gasteiger partial charge in [0.25, 0.3) is 0 Å². The SMILES string of the molecule is COc1cccc(C(=O)Cc2csc3ccccc23)c1. The van der Waals surface area contributed by atoms with Crippen molar-refractivity contribution in [2.45, 2.75) is 6.42 Å². The molecule has 0 saturated carbocycles. The maximum Gasteiger partial charge on any atom is 0.167 e. The molecule has 3 heteroatoms. The average Bonchev–Trinajstić information content (AvgIpc) is 2.90. The van der Waals surface area contributed by atoms with E-state index in [9.17, 15) is 4.79 Å². The molecule has 100 valence electrons. The Morgan fingerprint density at radius 2 is 2.00 bits per heavy atom. The molecule has 2 nitrogen and oxygen atoms in total. The molecule has 0 N–H and O–H groups in total. The third kappa shape index (κ3) is 2.45. The van der Waals surface area contributed by atoms with Crippen molar-refractivity contribution in [3.05, 3.63) is 65.0 Å². The Morgan fingerprint density at radius 1 is 1.15 bits per heavy atom. The summed E-state index contributed by atoms with van der Waals surface area (Å²) in [5.74, 6) is 0.832. The maximum atomic E-state index is 12.4. The van der Waals surface area contributed by atoms with Crippen molar-refractivity contribution in [2.75, 3.05) is 7.11 Å². The van der Waals surface area contributed by atoms with Gasteiger partial charge in [0.15, 0.2) is 5.78 Å². The van der Waals surface area contributed by atoms with Gasteiger partial charge in [-0.15, -0.1) is 11.3 Å². The minimum Gasteiger partial charge on any atom is -0.497 e. The summed E-state index contributed by atoms with van der Waals surface area (Å²) in [5, 5.41) is 3.25. The van der Waals surface area contributed by atoms with Gasteiger partial charge in [0.05, 0.1) is 7.11 Å². The molecule has 2 aromatic carbocycles. The average molecular weight is 282 g/mol. The summed E-state index contributed by atoms with van der Waals surface area (Å²) >= 11 is 1.68. The van der Waals surface area contributed by atoms with Crippen molar-refractivity contribution in [3.8, 4) is 5.75 Å². The number of hydrogen-bond donors (Lipinski definition) is 0. The number of methoxy groups -OCH3 is 1. The topological polar surface area (TPSA) is 26.3 Å². The molecule has 0 amide bonds. The van der Waals surface area contributed by atoms with Gasteiger partial charge in [0.1, 0.15) is 5.75 Å². The Hall–Kier alpha value is -2.13. The largest absolute Gasteiger partial charge is 0.497 e. The van der Waals surface area contributed by atoms with Gasteiger partial charge in [0.2, 0.25) is 0 Å². The molecule has 0 fully saturated rings. The lowest BCUT2D eigenvalue weighted by atomic mass is 10.0. The van der Waals surface area contributed by atoms with Crippen LogP contribution in [0.15, 0.2) is 53.9 Å². The maximum absolute atomic E-state index is 12.4. The Labute approximate surface area is 121 Å². The monoisotopic (exact) mass is 282 g/mol. The van der Waals surface area contributed by atoms with Crippen molar-refractivity contribution in [1.29, 1.82) is 0 Å². The molecule has 0 unspecified atom stereocenters. The number of thiophene rings is 1. The Bertz CT molecular complexity index is 758. The molecule has 0 saturated heterocycles. The van der Waals surface area contributed by atoms with Gasteiger partial charge in [-0.1, -0.05) is 30.3 Å². The molecule has 1 aromatic heterocycles. The molecule has 1 heterocycles. The molecule has 0 aliphatic heterocycles. The summed E-state index contributed by atoms with van der Waals surface area (Å²) in [6.45, 7) is 0. The van der Waals surface area contributed by atoms with E-state index in [-0.39, 0.29) is 5.78 Å². The summed E-state index contributed by atoms with van der Waals surface area (Å²) in [6, 6.07) is 15.5. The quantitative estimate of drug-likeness (QED) is 0.666. The van der Waals surface area contributed by atoms with E-state index in [1.165, 1.54) is 10.1 Å². The Morgan fingerprint density at radius 3 is 2.85 bits per heavy atom. The van der Waals surface area contributed by atoms with E-state index < -0.39 is 0 Å². The van der Waals surface area contributed by atoms with E-state index in [1.54, 1.807) is 24.5 Å². The Kier molecular flexibility index (Phi) is 3.52.